The van der Waals surface area contributed by atoms with Gasteiger partial charge in [-0.25, -0.2) is 0 Å². The SMILES string of the molecule is O=C(CC1CC2CCC1C2)N1CCc2ccc([N+](=O)[O-])cc21. The molecule has 5 heteroatoms. The maximum absolute atomic E-state index is 12.7. The molecular weight excluding hydrogens is 280 g/mol. The predicted molar refractivity (Wildman–Crippen MR) is 82.7 cm³/mol. The van der Waals surface area contributed by atoms with Crippen LogP contribution in [0.15, 0.2) is 18.2 Å². The van der Waals surface area contributed by atoms with Crippen molar-refractivity contribution in [2.45, 2.75) is 38.5 Å². The molecule has 22 heavy (non-hydrogen) atoms. The van der Waals surface area contributed by atoms with Crippen molar-refractivity contribution in [1.82, 2.24) is 0 Å². The van der Waals surface area contributed by atoms with Gasteiger partial charge in [-0.3, -0.25) is 14.9 Å². The summed E-state index contributed by atoms with van der Waals surface area (Å²) in [6.45, 7) is 0.663. The van der Waals surface area contributed by atoms with E-state index in [-0.39, 0.29) is 11.6 Å². The minimum absolute atomic E-state index is 0.0679. The Kier molecular flexibility index (Phi) is 3.17. The lowest BCUT2D eigenvalue weighted by molar-refractivity contribution is -0.384. The number of fused-ring (bicyclic) bond motifs is 3. The Morgan fingerprint density at radius 3 is 2.86 bits per heavy atom. The summed E-state index contributed by atoms with van der Waals surface area (Å²) in [5.41, 5.74) is 1.87. The first kappa shape index (κ1) is 13.7. The molecule has 2 aliphatic carbocycles. The van der Waals surface area contributed by atoms with E-state index in [1.54, 1.807) is 17.0 Å². The third-order valence-corrected chi connectivity index (χ3v) is 5.80. The fourth-order valence-corrected chi connectivity index (χ4v) is 4.70. The summed E-state index contributed by atoms with van der Waals surface area (Å²) in [5, 5.41) is 10.9. The van der Waals surface area contributed by atoms with Crippen molar-refractivity contribution in [2.24, 2.45) is 17.8 Å². The quantitative estimate of drug-likeness (QED) is 0.635. The zero-order valence-electron chi connectivity index (χ0n) is 12.5. The number of hydrogen-bond donors (Lipinski definition) is 0. The van der Waals surface area contributed by atoms with Gasteiger partial charge in [-0.2, -0.15) is 0 Å². The second kappa shape index (κ2) is 5.07. The Labute approximate surface area is 129 Å². The maximum atomic E-state index is 12.7. The van der Waals surface area contributed by atoms with E-state index >= 15 is 0 Å². The molecule has 1 aromatic carbocycles. The normalized spacial score (nSPS) is 28.9. The molecule has 4 rings (SSSR count). The summed E-state index contributed by atoms with van der Waals surface area (Å²) >= 11 is 0. The largest absolute Gasteiger partial charge is 0.312 e. The molecule has 1 amide bonds. The third kappa shape index (κ3) is 2.19. The van der Waals surface area contributed by atoms with Crippen LogP contribution in [-0.4, -0.2) is 17.4 Å². The van der Waals surface area contributed by atoms with Crippen molar-refractivity contribution in [3.8, 4) is 0 Å². The summed E-state index contributed by atoms with van der Waals surface area (Å²) in [7, 11) is 0. The number of amides is 1. The van der Waals surface area contributed by atoms with E-state index in [1.165, 1.54) is 31.7 Å². The molecule has 0 saturated heterocycles. The van der Waals surface area contributed by atoms with Crippen molar-refractivity contribution in [1.29, 1.82) is 0 Å². The fourth-order valence-electron chi connectivity index (χ4n) is 4.70. The molecule has 3 unspecified atom stereocenters. The number of rotatable bonds is 3. The van der Waals surface area contributed by atoms with E-state index in [2.05, 4.69) is 0 Å². The molecule has 2 fully saturated rings. The lowest BCUT2D eigenvalue weighted by atomic mass is 9.86. The fraction of sp³-hybridized carbons (Fsp3) is 0.588. The minimum atomic E-state index is -0.392. The van der Waals surface area contributed by atoms with Crippen LogP contribution in [0.4, 0.5) is 11.4 Å². The van der Waals surface area contributed by atoms with Gasteiger partial charge in [-0.1, -0.05) is 12.5 Å². The van der Waals surface area contributed by atoms with Gasteiger partial charge in [0.05, 0.1) is 10.6 Å². The van der Waals surface area contributed by atoms with Gasteiger partial charge in [0.2, 0.25) is 5.91 Å². The van der Waals surface area contributed by atoms with Crippen molar-refractivity contribution in [3.05, 3.63) is 33.9 Å². The van der Waals surface area contributed by atoms with Crippen molar-refractivity contribution in [3.63, 3.8) is 0 Å². The number of benzene rings is 1. The number of nitrogens with zero attached hydrogens (tertiary/aromatic N) is 2. The number of carbonyl (C=O) groups is 1. The van der Waals surface area contributed by atoms with Crippen LogP contribution in [0, 0.1) is 27.9 Å². The molecule has 5 nitrogen and oxygen atoms in total. The lowest BCUT2D eigenvalue weighted by Crippen LogP contribution is -2.31. The van der Waals surface area contributed by atoms with Crippen LogP contribution in [0.1, 0.15) is 37.7 Å². The highest BCUT2D eigenvalue weighted by molar-refractivity contribution is 5.96. The Morgan fingerprint density at radius 2 is 2.18 bits per heavy atom. The van der Waals surface area contributed by atoms with Crippen molar-refractivity contribution >= 4 is 17.3 Å². The van der Waals surface area contributed by atoms with E-state index in [0.717, 1.165) is 29.5 Å². The van der Waals surface area contributed by atoms with Gasteiger partial charge in [0.25, 0.3) is 5.69 Å². The summed E-state index contributed by atoms with van der Waals surface area (Å²) in [6.07, 6.45) is 6.55. The Bertz CT molecular complexity index is 643. The lowest BCUT2D eigenvalue weighted by Gasteiger charge is -2.24. The molecule has 0 N–H and O–H groups in total. The number of nitro benzene ring substituents is 1. The standard InChI is InChI=1S/C17H20N2O3/c20-17(9-14-8-11-1-2-13(14)7-11)18-6-5-12-3-4-15(19(21)22)10-16(12)18/h3-4,10-11,13-14H,1-2,5-9H2. The number of anilines is 1. The van der Waals surface area contributed by atoms with Gasteiger partial charge < -0.3 is 4.90 Å². The average Bonchev–Trinajstić information content (AvgIpc) is 3.20. The molecule has 2 bridgehead atoms. The van der Waals surface area contributed by atoms with E-state index in [1.807, 2.05) is 0 Å². The summed E-state index contributed by atoms with van der Waals surface area (Å²) in [6, 6.07) is 4.88. The number of nitro groups is 1. The highest BCUT2D eigenvalue weighted by Gasteiger charge is 2.41. The van der Waals surface area contributed by atoms with E-state index in [4.69, 9.17) is 0 Å². The topological polar surface area (TPSA) is 63.5 Å². The zero-order valence-corrected chi connectivity index (χ0v) is 12.5. The second-order valence-corrected chi connectivity index (χ2v) is 7.00. The first-order valence-electron chi connectivity index (χ1n) is 8.19. The van der Waals surface area contributed by atoms with Gasteiger partial charge >= 0.3 is 0 Å². The molecule has 0 spiro atoms. The third-order valence-electron chi connectivity index (χ3n) is 5.80. The molecule has 3 atom stereocenters. The van der Waals surface area contributed by atoms with E-state index in [9.17, 15) is 14.9 Å². The minimum Gasteiger partial charge on any atom is -0.312 e. The Balaban J connectivity index is 1.51. The highest BCUT2D eigenvalue weighted by Crippen LogP contribution is 2.50. The number of hydrogen-bond acceptors (Lipinski definition) is 3. The van der Waals surface area contributed by atoms with Gasteiger partial charge in [-0.15, -0.1) is 0 Å². The van der Waals surface area contributed by atoms with Crippen LogP contribution in [0.2, 0.25) is 0 Å². The Morgan fingerprint density at radius 1 is 1.32 bits per heavy atom. The van der Waals surface area contributed by atoms with Crippen LogP contribution in [0.3, 0.4) is 0 Å². The highest BCUT2D eigenvalue weighted by atomic mass is 16.6. The van der Waals surface area contributed by atoms with E-state index in [0.29, 0.717) is 18.9 Å². The molecule has 1 aliphatic heterocycles. The van der Waals surface area contributed by atoms with Crippen molar-refractivity contribution < 1.29 is 9.72 Å². The molecule has 1 aromatic rings. The smallest absolute Gasteiger partial charge is 0.271 e. The summed E-state index contributed by atoms with van der Waals surface area (Å²) in [5.74, 6) is 2.27. The molecule has 1 heterocycles. The molecular formula is C17H20N2O3. The molecule has 0 aromatic heterocycles. The molecule has 2 saturated carbocycles. The second-order valence-electron chi connectivity index (χ2n) is 7.00. The van der Waals surface area contributed by atoms with Crippen molar-refractivity contribution in [2.75, 3.05) is 11.4 Å². The predicted octanol–water partition coefficient (Wildman–Crippen LogP) is 3.31. The average molecular weight is 300 g/mol. The molecule has 0 radical (unpaired) electrons. The zero-order chi connectivity index (χ0) is 15.3. The van der Waals surface area contributed by atoms with Gasteiger partial charge in [-0.05, 0) is 49.0 Å². The van der Waals surface area contributed by atoms with Crippen LogP contribution in [0.5, 0.6) is 0 Å². The summed E-state index contributed by atoms with van der Waals surface area (Å²) in [4.78, 5) is 25.0. The van der Waals surface area contributed by atoms with Crippen LogP contribution < -0.4 is 4.90 Å². The van der Waals surface area contributed by atoms with E-state index < -0.39 is 4.92 Å². The first-order chi connectivity index (χ1) is 10.6. The Hall–Kier alpha value is -1.91. The first-order valence-corrected chi connectivity index (χ1v) is 8.19. The van der Waals surface area contributed by atoms with Gasteiger partial charge in [0.1, 0.15) is 0 Å². The number of carbonyl (C=O) groups excluding carboxylic acids is 1. The van der Waals surface area contributed by atoms with Gasteiger partial charge in [0, 0.05) is 25.1 Å². The monoisotopic (exact) mass is 300 g/mol. The van der Waals surface area contributed by atoms with Gasteiger partial charge in [0.15, 0.2) is 0 Å². The van der Waals surface area contributed by atoms with Crippen LogP contribution >= 0.6 is 0 Å². The maximum Gasteiger partial charge on any atom is 0.271 e. The molecule has 116 valence electrons. The van der Waals surface area contributed by atoms with Crippen LogP contribution in [-0.2, 0) is 11.2 Å². The van der Waals surface area contributed by atoms with Crippen LogP contribution in [0.25, 0.3) is 0 Å². The number of non-ortho nitro benzene ring substituents is 1. The molecule has 3 aliphatic rings. The summed E-state index contributed by atoms with van der Waals surface area (Å²) < 4.78 is 0.